The van der Waals surface area contributed by atoms with Crippen LogP contribution < -0.4 is 20.1 Å². The molecule has 0 spiro atoms. The number of carbonyl (C=O) groups is 2. The van der Waals surface area contributed by atoms with E-state index in [0.29, 0.717) is 6.61 Å². The second-order valence-corrected chi connectivity index (χ2v) is 9.23. The Labute approximate surface area is 206 Å². The first-order valence-corrected chi connectivity index (χ1v) is 11.9. The fourth-order valence-electron chi connectivity index (χ4n) is 2.64. The molecule has 0 aliphatic heterocycles. The maximum atomic E-state index is 12.0. The summed E-state index contributed by atoms with van der Waals surface area (Å²) in [5.41, 5.74) is 3.03. The number of rotatable bonds is 8. The number of ether oxygens (including phenoxy) is 1. The van der Waals surface area contributed by atoms with E-state index in [1.807, 2.05) is 95.4 Å². The monoisotopic (exact) mass is 479 g/mol. The van der Waals surface area contributed by atoms with Crippen molar-refractivity contribution in [3.05, 3.63) is 78.4 Å². The quantitative estimate of drug-likeness (QED) is 0.246. The Kier molecular flexibility index (Phi) is 10.5. The smallest absolute Gasteiger partial charge is 0.229 e. The highest BCUT2D eigenvalue weighted by atomic mass is 32.2. The normalized spacial score (nSPS) is 10.4. The number of amides is 1. The summed E-state index contributed by atoms with van der Waals surface area (Å²) in [5, 5.41) is 6.07. The molecule has 3 aromatic rings. The summed E-state index contributed by atoms with van der Waals surface area (Å²) in [7, 11) is 1.88. The van der Waals surface area contributed by atoms with Crippen LogP contribution in [0.15, 0.2) is 77.7 Å². The van der Waals surface area contributed by atoms with Gasteiger partial charge in [0.05, 0.1) is 12.3 Å². The van der Waals surface area contributed by atoms with Gasteiger partial charge in [-0.05, 0) is 61.3 Å². The lowest BCUT2D eigenvalue weighted by atomic mass is 9.95. The molecule has 34 heavy (non-hydrogen) atoms. The number of nitrogens with one attached hydrogen (secondary N) is 3. The van der Waals surface area contributed by atoms with Crippen LogP contribution in [0.1, 0.15) is 38.1 Å². The zero-order valence-corrected chi connectivity index (χ0v) is 21.2. The molecule has 7 heteroatoms. The summed E-state index contributed by atoms with van der Waals surface area (Å²) in [4.78, 5) is 23.1. The highest BCUT2D eigenvalue weighted by molar-refractivity contribution is 8.00. The largest absolute Gasteiger partial charge is 0.492 e. The molecule has 0 saturated carbocycles. The van der Waals surface area contributed by atoms with Crippen molar-refractivity contribution in [2.45, 2.75) is 32.6 Å². The van der Waals surface area contributed by atoms with Crippen LogP contribution in [0.5, 0.6) is 5.75 Å². The van der Waals surface area contributed by atoms with Crippen LogP contribution in [-0.4, -0.2) is 25.8 Å². The summed E-state index contributed by atoms with van der Waals surface area (Å²) in [6.07, 6.45) is 0.833. The lowest BCUT2D eigenvalue weighted by Gasteiger charge is -2.17. The molecule has 6 nitrogen and oxygen atoms in total. The van der Waals surface area contributed by atoms with Gasteiger partial charge in [-0.2, -0.15) is 0 Å². The molecule has 3 rings (SSSR count). The fraction of sp³-hybridized carbons (Fsp3) is 0.259. The average Bonchev–Trinajstić information content (AvgIpc) is 2.84. The molecule has 0 unspecified atom stereocenters. The van der Waals surface area contributed by atoms with E-state index in [1.54, 1.807) is 12.1 Å². The molecule has 0 aliphatic rings. The van der Waals surface area contributed by atoms with Gasteiger partial charge in [-0.1, -0.05) is 51.1 Å². The van der Waals surface area contributed by atoms with Crippen LogP contribution >= 0.6 is 11.9 Å². The Morgan fingerprint density at radius 2 is 1.62 bits per heavy atom. The Morgan fingerprint density at radius 3 is 2.15 bits per heavy atom. The number of anilines is 3. The van der Waals surface area contributed by atoms with E-state index in [2.05, 4.69) is 15.4 Å². The minimum absolute atomic E-state index is 0.00145. The van der Waals surface area contributed by atoms with Crippen molar-refractivity contribution in [3.8, 4) is 5.75 Å². The van der Waals surface area contributed by atoms with Gasteiger partial charge in [0.1, 0.15) is 12.0 Å². The second-order valence-electron chi connectivity index (χ2n) is 8.36. The van der Waals surface area contributed by atoms with Gasteiger partial charge in [-0.15, -0.1) is 0 Å². The van der Waals surface area contributed by atoms with Crippen molar-refractivity contribution in [2.75, 3.05) is 29.0 Å². The molecular formula is C27H33N3O3S. The Hall–Kier alpha value is -3.45. The molecule has 0 atom stereocenters. The van der Waals surface area contributed by atoms with Crippen LogP contribution in [0.2, 0.25) is 0 Å². The molecule has 0 bridgehead atoms. The first-order chi connectivity index (χ1) is 16.3. The van der Waals surface area contributed by atoms with Crippen molar-refractivity contribution in [2.24, 2.45) is 5.41 Å². The lowest BCUT2D eigenvalue weighted by Crippen LogP contribution is -2.27. The molecule has 1 amide bonds. The average molecular weight is 480 g/mol. The number of aldehydes is 1. The molecule has 0 radical (unpaired) electrons. The van der Waals surface area contributed by atoms with Crippen molar-refractivity contribution in [3.63, 3.8) is 0 Å². The summed E-state index contributed by atoms with van der Waals surface area (Å²) in [6.45, 7) is 8.29. The zero-order chi connectivity index (χ0) is 25.0. The SMILES string of the molecule is CCOc1ccc(SNc2ccc(NC(=O)C(C)(C)C)cc2)cc1NC.O=Cc1ccccc1. The maximum absolute atomic E-state index is 12.0. The first-order valence-electron chi connectivity index (χ1n) is 11.1. The molecule has 3 aromatic carbocycles. The van der Waals surface area contributed by atoms with Gasteiger partial charge in [0.2, 0.25) is 5.91 Å². The zero-order valence-electron chi connectivity index (χ0n) is 20.3. The van der Waals surface area contributed by atoms with Gasteiger partial charge in [-0.3, -0.25) is 9.59 Å². The molecular weight excluding hydrogens is 446 g/mol. The third-order valence-electron chi connectivity index (χ3n) is 4.57. The third-order valence-corrected chi connectivity index (χ3v) is 5.39. The van der Waals surface area contributed by atoms with E-state index in [0.717, 1.165) is 39.6 Å². The molecule has 0 aliphatic carbocycles. The highest BCUT2D eigenvalue weighted by Crippen LogP contribution is 2.31. The molecule has 0 heterocycles. The molecule has 0 fully saturated rings. The van der Waals surface area contributed by atoms with Crippen molar-refractivity contribution >= 4 is 41.2 Å². The first kappa shape index (κ1) is 26.8. The van der Waals surface area contributed by atoms with Crippen LogP contribution in [0.25, 0.3) is 0 Å². The highest BCUT2D eigenvalue weighted by Gasteiger charge is 2.20. The van der Waals surface area contributed by atoms with Crippen LogP contribution in [0, 0.1) is 5.41 Å². The molecule has 3 N–H and O–H groups in total. The molecule has 180 valence electrons. The summed E-state index contributed by atoms with van der Waals surface area (Å²) in [5.74, 6) is 0.847. The predicted octanol–water partition coefficient (Wildman–Crippen LogP) is 6.73. The van der Waals surface area contributed by atoms with Crippen LogP contribution in [-0.2, 0) is 4.79 Å². The van der Waals surface area contributed by atoms with E-state index in [1.165, 1.54) is 11.9 Å². The predicted molar refractivity (Wildman–Crippen MR) is 143 cm³/mol. The van der Waals surface area contributed by atoms with E-state index in [9.17, 15) is 9.59 Å². The van der Waals surface area contributed by atoms with Gasteiger partial charge in [-0.25, -0.2) is 0 Å². The topological polar surface area (TPSA) is 79.5 Å². The summed E-state index contributed by atoms with van der Waals surface area (Å²) < 4.78 is 8.90. The number of benzene rings is 3. The minimum atomic E-state index is -0.411. The van der Waals surface area contributed by atoms with Crippen LogP contribution in [0.4, 0.5) is 17.1 Å². The van der Waals surface area contributed by atoms with Gasteiger partial charge in [0.25, 0.3) is 0 Å². The van der Waals surface area contributed by atoms with Crippen LogP contribution in [0.3, 0.4) is 0 Å². The van der Waals surface area contributed by atoms with E-state index in [-0.39, 0.29) is 5.91 Å². The Balaban J connectivity index is 0.000000430. The van der Waals surface area contributed by atoms with Crippen molar-refractivity contribution in [1.82, 2.24) is 0 Å². The Morgan fingerprint density at radius 1 is 0.971 bits per heavy atom. The maximum Gasteiger partial charge on any atom is 0.229 e. The van der Waals surface area contributed by atoms with Gasteiger partial charge >= 0.3 is 0 Å². The number of hydrogen-bond acceptors (Lipinski definition) is 6. The van der Waals surface area contributed by atoms with E-state index >= 15 is 0 Å². The lowest BCUT2D eigenvalue weighted by molar-refractivity contribution is -0.123. The van der Waals surface area contributed by atoms with Crippen molar-refractivity contribution in [1.29, 1.82) is 0 Å². The minimum Gasteiger partial charge on any atom is -0.492 e. The summed E-state index contributed by atoms with van der Waals surface area (Å²) in [6, 6.07) is 22.8. The number of carbonyl (C=O) groups excluding carboxylic acids is 2. The number of hydrogen-bond donors (Lipinski definition) is 3. The van der Waals surface area contributed by atoms with Gasteiger partial charge in [0, 0.05) is 34.3 Å². The third kappa shape index (κ3) is 8.83. The van der Waals surface area contributed by atoms with Crippen molar-refractivity contribution < 1.29 is 14.3 Å². The summed E-state index contributed by atoms with van der Waals surface area (Å²) >= 11 is 1.52. The van der Waals surface area contributed by atoms with E-state index in [4.69, 9.17) is 4.74 Å². The molecule has 0 aromatic heterocycles. The van der Waals surface area contributed by atoms with E-state index < -0.39 is 5.41 Å². The van der Waals surface area contributed by atoms with Gasteiger partial charge < -0.3 is 20.1 Å². The Bertz CT molecular complexity index is 1050. The molecule has 0 saturated heterocycles. The standard InChI is InChI=1S/C20H27N3O2S.C7H6O/c1-6-25-18-12-11-16(13-17(18)21-5)26-23-15-9-7-14(8-10-15)22-19(24)20(2,3)4;8-6-7-4-2-1-3-5-7/h7-13,21,23H,6H2,1-5H3,(H,22,24);1-6H. The fourth-order valence-corrected chi connectivity index (χ4v) is 3.32. The second kappa shape index (κ2) is 13.3. The van der Waals surface area contributed by atoms with Gasteiger partial charge in [0.15, 0.2) is 0 Å².